The van der Waals surface area contributed by atoms with Gasteiger partial charge >= 0.3 is 0 Å². The van der Waals surface area contributed by atoms with Gasteiger partial charge in [-0.05, 0) is 12.3 Å². The second-order valence-corrected chi connectivity index (χ2v) is 6.62. The molecule has 1 heterocycles. The molecule has 0 saturated carbocycles. The Morgan fingerprint density at radius 2 is 2.11 bits per heavy atom. The van der Waals surface area contributed by atoms with Gasteiger partial charge in [0.25, 0.3) is 0 Å². The number of ether oxygens (including phenoxy) is 1. The van der Waals surface area contributed by atoms with E-state index in [0.717, 1.165) is 26.2 Å². The highest BCUT2D eigenvalue weighted by Crippen LogP contribution is 2.21. The highest BCUT2D eigenvalue weighted by atomic mass is 16.5. The largest absolute Gasteiger partial charge is 0.394 e. The van der Waals surface area contributed by atoms with Crippen LogP contribution in [-0.2, 0) is 4.74 Å². The summed E-state index contributed by atoms with van der Waals surface area (Å²) in [6.45, 7) is 14.9. The molecule has 0 amide bonds. The van der Waals surface area contributed by atoms with Crippen molar-refractivity contribution in [3.8, 4) is 0 Å². The Hall–Kier alpha value is -0.160. The average molecular weight is 258 g/mol. The predicted octanol–water partition coefficient (Wildman–Crippen LogP) is 1.09. The van der Waals surface area contributed by atoms with Crippen LogP contribution in [0.25, 0.3) is 0 Å². The Kier molecular flexibility index (Phi) is 6.05. The van der Waals surface area contributed by atoms with Gasteiger partial charge in [0.2, 0.25) is 0 Å². The molecule has 1 aliphatic heterocycles. The molecule has 18 heavy (non-hydrogen) atoms. The molecule has 4 heteroatoms. The van der Waals surface area contributed by atoms with E-state index in [1.165, 1.54) is 0 Å². The first-order valence-electron chi connectivity index (χ1n) is 7.04. The zero-order chi connectivity index (χ0) is 13.8. The molecule has 108 valence electrons. The number of nitrogens with one attached hydrogen (secondary N) is 1. The van der Waals surface area contributed by atoms with Crippen molar-refractivity contribution in [3.05, 3.63) is 0 Å². The molecule has 0 bridgehead atoms. The van der Waals surface area contributed by atoms with E-state index >= 15 is 0 Å². The average Bonchev–Trinajstić information content (AvgIpc) is 2.29. The van der Waals surface area contributed by atoms with Gasteiger partial charge in [-0.15, -0.1) is 0 Å². The van der Waals surface area contributed by atoms with Gasteiger partial charge < -0.3 is 15.2 Å². The second-order valence-electron chi connectivity index (χ2n) is 6.62. The van der Waals surface area contributed by atoms with Crippen LogP contribution in [0.1, 0.15) is 34.6 Å². The van der Waals surface area contributed by atoms with E-state index < -0.39 is 0 Å². The Labute approximate surface area is 112 Å². The molecule has 0 radical (unpaired) electrons. The third-order valence-corrected chi connectivity index (χ3v) is 3.46. The molecule has 1 saturated heterocycles. The molecule has 2 N–H and O–H groups in total. The minimum absolute atomic E-state index is 0.0185. The third kappa shape index (κ3) is 5.22. The van der Waals surface area contributed by atoms with Crippen LogP contribution in [0, 0.1) is 5.41 Å². The number of aliphatic hydroxyl groups is 1. The van der Waals surface area contributed by atoms with E-state index in [4.69, 9.17) is 4.74 Å². The number of nitrogens with zero attached hydrogens (tertiary/aromatic N) is 1. The number of morpholine rings is 1. The van der Waals surface area contributed by atoms with Crippen molar-refractivity contribution in [2.75, 3.05) is 32.8 Å². The molecule has 1 fully saturated rings. The highest BCUT2D eigenvalue weighted by molar-refractivity contribution is 4.83. The molecule has 0 aromatic heterocycles. The first kappa shape index (κ1) is 15.9. The topological polar surface area (TPSA) is 44.7 Å². The lowest BCUT2D eigenvalue weighted by Gasteiger charge is -2.42. The zero-order valence-electron chi connectivity index (χ0n) is 12.6. The number of hydrogen-bond acceptors (Lipinski definition) is 4. The second kappa shape index (κ2) is 6.85. The fourth-order valence-electron chi connectivity index (χ4n) is 2.29. The van der Waals surface area contributed by atoms with Crippen molar-refractivity contribution in [3.63, 3.8) is 0 Å². The Morgan fingerprint density at radius 3 is 2.67 bits per heavy atom. The summed E-state index contributed by atoms with van der Waals surface area (Å²) in [5.41, 5.74) is 0.232. The quantitative estimate of drug-likeness (QED) is 0.749. The first-order chi connectivity index (χ1) is 8.34. The summed E-state index contributed by atoms with van der Waals surface area (Å²) in [6, 6.07) is 0.961. The van der Waals surface area contributed by atoms with Crippen LogP contribution < -0.4 is 5.32 Å². The van der Waals surface area contributed by atoms with E-state index in [0.29, 0.717) is 12.1 Å². The monoisotopic (exact) mass is 258 g/mol. The highest BCUT2D eigenvalue weighted by Gasteiger charge is 2.30. The summed E-state index contributed by atoms with van der Waals surface area (Å²) in [5.74, 6) is 0. The molecule has 1 rings (SSSR count). The lowest BCUT2D eigenvalue weighted by Crippen LogP contribution is -2.53. The summed E-state index contributed by atoms with van der Waals surface area (Å²) in [5, 5.41) is 12.7. The maximum absolute atomic E-state index is 9.21. The summed E-state index contributed by atoms with van der Waals surface area (Å²) < 4.78 is 5.58. The Morgan fingerprint density at radius 1 is 1.44 bits per heavy atom. The van der Waals surface area contributed by atoms with Gasteiger partial charge in [-0.2, -0.15) is 0 Å². The summed E-state index contributed by atoms with van der Waals surface area (Å²) in [7, 11) is 0. The van der Waals surface area contributed by atoms with Crippen molar-refractivity contribution in [1.29, 1.82) is 0 Å². The van der Waals surface area contributed by atoms with Crippen LogP contribution in [-0.4, -0.2) is 61.0 Å². The molecule has 0 aliphatic carbocycles. The smallest absolute Gasteiger partial charge is 0.0933 e. The van der Waals surface area contributed by atoms with E-state index in [1.807, 2.05) is 0 Å². The van der Waals surface area contributed by atoms with Gasteiger partial charge in [0.05, 0.1) is 19.3 Å². The minimum atomic E-state index is -0.0185. The van der Waals surface area contributed by atoms with Crippen LogP contribution >= 0.6 is 0 Å². The van der Waals surface area contributed by atoms with Gasteiger partial charge in [0, 0.05) is 31.7 Å². The van der Waals surface area contributed by atoms with E-state index in [2.05, 4.69) is 44.8 Å². The van der Waals surface area contributed by atoms with Crippen LogP contribution in [0.4, 0.5) is 0 Å². The summed E-state index contributed by atoms with van der Waals surface area (Å²) >= 11 is 0. The van der Waals surface area contributed by atoms with E-state index in [9.17, 15) is 5.11 Å². The molecule has 0 aromatic carbocycles. The molecular weight excluding hydrogens is 228 g/mol. The van der Waals surface area contributed by atoms with Gasteiger partial charge in [0.1, 0.15) is 0 Å². The van der Waals surface area contributed by atoms with Crippen molar-refractivity contribution in [2.45, 2.75) is 52.8 Å². The number of hydrogen-bond donors (Lipinski definition) is 2. The molecule has 2 atom stereocenters. The SMILES string of the molecule is CC(C)NCC(C)(C)CN1CC(CO)OCC1C. The third-order valence-electron chi connectivity index (χ3n) is 3.46. The molecule has 2 unspecified atom stereocenters. The predicted molar refractivity (Wildman–Crippen MR) is 74.8 cm³/mol. The van der Waals surface area contributed by atoms with Gasteiger partial charge in [-0.25, -0.2) is 0 Å². The zero-order valence-corrected chi connectivity index (χ0v) is 12.6. The van der Waals surface area contributed by atoms with Crippen LogP contribution in [0.3, 0.4) is 0 Å². The molecular formula is C14H30N2O2. The van der Waals surface area contributed by atoms with Crippen molar-refractivity contribution in [2.24, 2.45) is 5.41 Å². The first-order valence-corrected chi connectivity index (χ1v) is 7.04. The van der Waals surface area contributed by atoms with Crippen molar-refractivity contribution < 1.29 is 9.84 Å². The van der Waals surface area contributed by atoms with Gasteiger partial charge in [-0.1, -0.05) is 27.7 Å². The van der Waals surface area contributed by atoms with Crippen LogP contribution in [0.2, 0.25) is 0 Å². The summed E-state index contributed by atoms with van der Waals surface area (Å²) in [6.07, 6.45) is -0.0185. The molecule has 4 nitrogen and oxygen atoms in total. The molecule has 1 aliphatic rings. The van der Waals surface area contributed by atoms with Crippen molar-refractivity contribution in [1.82, 2.24) is 10.2 Å². The van der Waals surface area contributed by atoms with E-state index in [-0.39, 0.29) is 18.1 Å². The standard InChI is InChI=1S/C14H30N2O2/c1-11(2)15-9-14(4,5)10-16-6-13(7-17)18-8-12(16)3/h11-13,15,17H,6-10H2,1-5H3. The number of rotatable bonds is 6. The fourth-order valence-corrected chi connectivity index (χ4v) is 2.29. The van der Waals surface area contributed by atoms with Crippen molar-refractivity contribution >= 4 is 0 Å². The number of aliphatic hydroxyl groups excluding tert-OH is 1. The fraction of sp³-hybridized carbons (Fsp3) is 1.00. The normalized spacial score (nSPS) is 26.8. The van der Waals surface area contributed by atoms with Gasteiger partial charge in [0.15, 0.2) is 0 Å². The van der Waals surface area contributed by atoms with Gasteiger partial charge in [-0.3, -0.25) is 4.90 Å². The van der Waals surface area contributed by atoms with Crippen LogP contribution in [0.5, 0.6) is 0 Å². The maximum Gasteiger partial charge on any atom is 0.0933 e. The molecule has 0 aromatic rings. The maximum atomic E-state index is 9.21. The lowest BCUT2D eigenvalue weighted by atomic mass is 9.91. The van der Waals surface area contributed by atoms with Crippen LogP contribution in [0.15, 0.2) is 0 Å². The Balaban J connectivity index is 2.47. The Bertz CT molecular complexity index is 244. The minimum Gasteiger partial charge on any atom is -0.394 e. The lowest BCUT2D eigenvalue weighted by molar-refractivity contribution is -0.0859. The molecule has 0 spiro atoms. The summed E-state index contributed by atoms with van der Waals surface area (Å²) in [4.78, 5) is 2.44. The van der Waals surface area contributed by atoms with E-state index in [1.54, 1.807) is 0 Å².